The van der Waals surface area contributed by atoms with Crippen molar-refractivity contribution in [3.63, 3.8) is 0 Å². The third-order valence-electron chi connectivity index (χ3n) is 4.17. The van der Waals surface area contributed by atoms with Crippen LogP contribution in [0.5, 0.6) is 5.75 Å². The van der Waals surface area contributed by atoms with E-state index in [1.165, 1.54) is 12.8 Å². The van der Waals surface area contributed by atoms with Crippen LogP contribution in [0.25, 0.3) is 0 Å². The fraction of sp³-hybridized carbons (Fsp3) is 0.562. The molecule has 1 aromatic carbocycles. The molecule has 1 aromatic rings. The maximum atomic E-state index is 12.8. The van der Waals surface area contributed by atoms with Gasteiger partial charge in [-0.3, -0.25) is 4.79 Å². The molecule has 2 aliphatic rings. The molecular formula is C16H22N2O2. The summed E-state index contributed by atoms with van der Waals surface area (Å²) in [6.07, 6.45) is 4.65. The highest BCUT2D eigenvalue weighted by molar-refractivity contribution is 5.97. The van der Waals surface area contributed by atoms with Crippen LogP contribution in [0.15, 0.2) is 24.3 Å². The van der Waals surface area contributed by atoms with Crippen molar-refractivity contribution < 1.29 is 9.53 Å². The molecule has 0 spiro atoms. The summed E-state index contributed by atoms with van der Waals surface area (Å²) in [5.41, 5.74) is 0.680. The first-order valence-electron chi connectivity index (χ1n) is 7.47. The molecule has 1 aliphatic carbocycles. The van der Waals surface area contributed by atoms with E-state index in [1.807, 2.05) is 29.2 Å². The summed E-state index contributed by atoms with van der Waals surface area (Å²) < 4.78 is 5.32. The van der Waals surface area contributed by atoms with Gasteiger partial charge in [0.05, 0.1) is 12.7 Å². The van der Waals surface area contributed by atoms with Crippen molar-refractivity contribution in [3.8, 4) is 5.75 Å². The molecule has 108 valence electrons. The zero-order chi connectivity index (χ0) is 13.9. The number of carbonyl (C=O) groups excluding carboxylic acids is 1. The van der Waals surface area contributed by atoms with Crippen LogP contribution >= 0.6 is 0 Å². The summed E-state index contributed by atoms with van der Waals surface area (Å²) in [5.74, 6) is 0.779. The van der Waals surface area contributed by atoms with Gasteiger partial charge in [-0.2, -0.15) is 0 Å². The molecule has 1 saturated carbocycles. The summed E-state index contributed by atoms with van der Waals surface area (Å²) in [7, 11) is 1.62. The van der Waals surface area contributed by atoms with E-state index in [-0.39, 0.29) is 5.91 Å². The van der Waals surface area contributed by atoms with Gasteiger partial charge in [0.25, 0.3) is 5.91 Å². The number of amides is 1. The smallest absolute Gasteiger partial charge is 0.257 e. The van der Waals surface area contributed by atoms with Crippen molar-refractivity contribution in [3.05, 3.63) is 29.8 Å². The minimum absolute atomic E-state index is 0.110. The maximum absolute atomic E-state index is 12.8. The number of benzene rings is 1. The van der Waals surface area contributed by atoms with Crippen LogP contribution in [-0.2, 0) is 0 Å². The molecule has 1 aliphatic heterocycles. The van der Waals surface area contributed by atoms with E-state index in [2.05, 4.69) is 5.32 Å². The van der Waals surface area contributed by atoms with Gasteiger partial charge in [0, 0.05) is 18.6 Å². The van der Waals surface area contributed by atoms with E-state index in [0.717, 1.165) is 25.9 Å². The van der Waals surface area contributed by atoms with E-state index in [1.54, 1.807) is 7.11 Å². The largest absolute Gasteiger partial charge is 0.496 e. The Morgan fingerprint density at radius 1 is 1.35 bits per heavy atom. The summed E-state index contributed by atoms with van der Waals surface area (Å²) in [6, 6.07) is 8.39. The van der Waals surface area contributed by atoms with Crippen LogP contribution in [0.4, 0.5) is 0 Å². The molecule has 4 nitrogen and oxygen atoms in total. The molecule has 1 unspecified atom stereocenters. The number of ether oxygens (including phenoxy) is 1. The highest BCUT2D eigenvalue weighted by atomic mass is 16.5. The monoisotopic (exact) mass is 274 g/mol. The van der Waals surface area contributed by atoms with Gasteiger partial charge in [-0.25, -0.2) is 0 Å². The minimum atomic E-state index is 0.110. The van der Waals surface area contributed by atoms with Gasteiger partial charge in [0.15, 0.2) is 0 Å². The van der Waals surface area contributed by atoms with Crippen LogP contribution in [-0.4, -0.2) is 43.1 Å². The second-order valence-corrected chi connectivity index (χ2v) is 5.68. The fourth-order valence-corrected chi connectivity index (χ4v) is 2.91. The van der Waals surface area contributed by atoms with Crippen molar-refractivity contribution in [1.82, 2.24) is 10.2 Å². The van der Waals surface area contributed by atoms with E-state index in [4.69, 9.17) is 4.74 Å². The van der Waals surface area contributed by atoms with Gasteiger partial charge in [-0.05, 0) is 44.4 Å². The van der Waals surface area contributed by atoms with Gasteiger partial charge >= 0.3 is 0 Å². The predicted molar refractivity (Wildman–Crippen MR) is 78.1 cm³/mol. The molecule has 1 heterocycles. The Labute approximate surface area is 120 Å². The van der Waals surface area contributed by atoms with Gasteiger partial charge in [0.2, 0.25) is 0 Å². The SMILES string of the molecule is COc1ccccc1C(=O)N(CC1CCCN1)C1CC1. The topological polar surface area (TPSA) is 41.6 Å². The number of methoxy groups -OCH3 is 1. The fourth-order valence-electron chi connectivity index (χ4n) is 2.91. The van der Waals surface area contributed by atoms with Crippen molar-refractivity contribution in [2.45, 2.75) is 37.8 Å². The van der Waals surface area contributed by atoms with E-state index in [0.29, 0.717) is 23.4 Å². The zero-order valence-electron chi connectivity index (χ0n) is 12.0. The number of carbonyl (C=O) groups is 1. The van der Waals surface area contributed by atoms with E-state index in [9.17, 15) is 4.79 Å². The number of nitrogens with zero attached hydrogens (tertiary/aromatic N) is 1. The molecular weight excluding hydrogens is 252 g/mol. The highest BCUT2D eigenvalue weighted by Gasteiger charge is 2.35. The van der Waals surface area contributed by atoms with Crippen LogP contribution in [0, 0.1) is 0 Å². The number of nitrogens with one attached hydrogen (secondary N) is 1. The maximum Gasteiger partial charge on any atom is 0.257 e. The Morgan fingerprint density at radius 3 is 2.80 bits per heavy atom. The normalized spacial score (nSPS) is 21.8. The summed E-state index contributed by atoms with van der Waals surface area (Å²) in [5, 5.41) is 3.48. The van der Waals surface area contributed by atoms with Crippen LogP contribution in [0.2, 0.25) is 0 Å². The average Bonchev–Trinajstić information content (AvgIpc) is 3.20. The highest BCUT2D eigenvalue weighted by Crippen LogP contribution is 2.31. The lowest BCUT2D eigenvalue weighted by Gasteiger charge is -2.26. The first-order valence-corrected chi connectivity index (χ1v) is 7.47. The van der Waals surface area contributed by atoms with Gasteiger partial charge in [-0.15, -0.1) is 0 Å². The number of rotatable bonds is 5. The molecule has 0 radical (unpaired) electrons. The molecule has 1 atom stereocenters. The second kappa shape index (κ2) is 5.83. The molecule has 0 bridgehead atoms. The van der Waals surface area contributed by atoms with E-state index >= 15 is 0 Å². The van der Waals surface area contributed by atoms with E-state index < -0.39 is 0 Å². The molecule has 20 heavy (non-hydrogen) atoms. The molecule has 0 aromatic heterocycles. The predicted octanol–water partition coefficient (Wildman–Crippen LogP) is 2.05. The number of hydrogen-bond acceptors (Lipinski definition) is 3. The molecule has 3 rings (SSSR count). The summed E-state index contributed by atoms with van der Waals surface area (Å²) in [6.45, 7) is 1.90. The van der Waals surface area contributed by atoms with Crippen LogP contribution in [0.3, 0.4) is 0 Å². The first-order chi connectivity index (χ1) is 9.79. The Kier molecular flexibility index (Phi) is 3.92. The van der Waals surface area contributed by atoms with Gasteiger partial charge < -0.3 is 15.0 Å². The minimum Gasteiger partial charge on any atom is -0.496 e. The number of para-hydroxylation sites is 1. The lowest BCUT2D eigenvalue weighted by Crippen LogP contribution is -2.42. The lowest BCUT2D eigenvalue weighted by molar-refractivity contribution is 0.0725. The summed E-state index contributed by atoms with van der Waals surface area (Å²) >= 11 is 0. The standard InChI is InChI=1S/C16H22N2O2/c1-20-15-7-3-2-6-14(15)16(19)18(13-8-9-13)11-12-5-4-10-17-12/h2-3,6-7,12-13,17H,4-5,8-11H2,1H3. The van der Waals surface area contributed by atoms with Crippen molar-refractivity contribution in [2.75, 3.05) is 20.2 Å². The molecule has 4 heteroatoms. The van der Waals surface area contributed by atoms with Crippen molar-refractivity contribution in [1.29, 1.82) is 0 Å². The molecule has 1 N–H and O–H groups in total. The Morgan fingerprint density at radius 2 is 2.15 bits per heavy atom. The molecule has 1 amide bonds. The summed E-state index contributed by atoms with van der Waals surface area (Å²) in [4.78, 5) is 14.9. The molecule has 2 fully saturated rings. The Hall–Kier alpha value is -1.55. The van der Waals surface area contributed by atoms with Crippen LogP contribution in [0.1, 0.15) is 36.0 Å². The Bertz CT molecular complexity index is 479. The van der Waals surface area contributed by atoms with Gasteiger partial charge in [0.1, 0.15) is 5.75 Å². The molecule has 1 saturated heterocycles. The van der Waals surface area contributed by atoms with Crippen LogP contribution < -0.4 is 10.1 Å². The average molecular weight is 274 g/mol. The number of hydrogen-bond donors (Lipinski definition) is 1. The first kappa shape index (κ1) is 13.4. The zero-order valence-corrected chi connectivity index (χ0v) is 12.0. The second-order valence-electron chi connectivity index (χ2n) is 5.68. The van der Waals surface area contributed by atoms with Crippen molar-refractivity contribution in [2.24, 2.45) is 0 Å². The lowest BCUT2D eigenvalue weighted by atomic mass is 10.1. The van der Waals surface area contributed by atoms with Crippen molar-refractivity contribution >= 4 is 5.91 Å². The third kappa shape index (κ3) is 2.80. The quantitative estimate of drug-likeness (QED) is 0.893. The van der Waals surface area contributed by atoms with Gasteiger partial charge in [-0.1, -0.05) is 12.1 Å². The Balaban J connectivity index is 1.77. The third-order valence-corrected chi connectivity index (χ3v) is 4.17.